The van der Waals surface area contributed by atoms with E-state index in [-0.39, 0.29) is 5.95 Å². The zero-order chi connectivity index (χ0) is 12.3. The van der Waals surface area contributed by atoms with Crippen molar-refractivity contribution in [3.63, 3.8) is 0 Å². The SMILES string of the molecule is CCN(CC(C)(C)O)c1cc(N)nc(N)n1. The maximum Gasteiger partial charge on any atom is 0.223 e. The third-order valence-corrected chi connectivity index (χ3v) is 2.03. The van der Waals surface area contributed by atoms with Gasteiger partial charge >= 0.3 is 0 Å². The molecule has 0 bridgehead atoms. The Morgan fingerprint density at radius 2 is 2.00 bits per heavy atom. The van der Waals surface area contributed by atoms with Crippen LogP contribution >= 0.6 is 0 Å². The van der Waals surface area contributed by atoms with Crippen LogP contribution in [-0.2, 0) is 0 Å². The lowest BCUT2D eigenvalue weighted by atomic mass is 10.1. The molecule has 0 spiro atoms. The Morgan fingerprint density at radius 3 is 2.44 bits per heavy atom. The molecule has 0 saturated carbocycles. The number of aromatic nitrogens is 2. The fraction of sp³-hybridized carbons (Fsp3) is 0.600. The first-order valence-electron chi connectivity index (χ1n) is 5.19. The number of likely N-dealkylation sites (N-methyl/N-ethyl adjacent to an activating group) is 1. The van der Waals surface area contributed by atoms with Crippen molar-refractivity contribution in [2.45, 2.75) is 26.4 Å². The first kappa shape index (κ1) is 12.5. The molecular formula is C10H19N5O. The molecule has 1 rings (SSSR count). The van der Waals surface area contributed by atoms with Gasteiger partial charge in [0, 0.05) is 19.2 Å². The van der Waals surface area contributed by atoms with Crippen molar-refractivity contribution in [3.05, 3.63) is 6.07 Å². The maximum atomic E-state index is 9.77. The Kier molecular flexibility index (Phi) is 3.54. The first-order chi connectivity index (χ1) is 7.31. The molecule has 1 aromatic heterocycles. The Bertz CT molecular complexity index is 340. The van der Waals surface area contributed by atoms with Gasteiger partial charge in [-0.3, -0.25) is 0 Å². The molecule has 0 fully saturated rings. The van der Waals surface area contributed by atoms with Crippen LogP contribution in [0.15, 0.2) is 6.07 Å². The topological polar surface area (TPSA) is 101 Å². The normalized spacial score (nSPS) is 11.5. The van der Waals surface area contributed by atoms with E-state index in [1.54, 1.807) is 19.9 Å². The summed E-state index contributed by atoms with van der Waals surface area (Å²) >= 11 is 0. The number of nitrogens with two attached hydrogens (primary N) is 2. The summed E-state index contributed by atoms with van der Waals surface area (Å²) in [7, 11) is 0. The molecule has 5 N–H and O–H groups in total. The maximum absolute atomic E-state index is 9.77. The molecule has 0 atom stereocenters. The second kappa shape index (κ2) is 4.52. The molecule has 6 heteroatoms. The lowest BCUT2D eigenvalue weighted by molar-refractivity contribution is 0.0874. The quantitative estimate of drug-likeness (QED) is 0.678. The first-order valence-corrected chi connectivity index (χ1v) is 5.19. The number of hydrogen-bond acceptors (Lipinski definition) is 6. The second-order valence-electron chi connectivity index (χ2n) is 4.34. The van der Waals surface area contributed by atoms with Crippen LogP contribution in [0.25, 0.3) is 0 Å². The van der Waals surface area contributed by atoms with Crippen LogP contribution in [0.3, 0.4) is 0 Å². The Labute approximate surface area is 95.3 Å². The van der Waals surface area contributed by atoms with Crippen molar-refractivity contribution in [2.24, 2.45) is 0 Å². The monoisotopic (exact) mass is 225 g/mol. The minimum Gasteiger partial charge on any atom is -0.389 e. The van der Waals surface area contributed by atoms with E-state index in [0.29, 0.717) is 24.7 Å². The van der Waals surface area contributed by atoms with Gasteiger partial charge in [0.15, 0.2) is 0 Å². The van der Waals surface area contributed by atoms with E-state index >= 15 is 0 Å². The van der Waals surface area contributed by atoms with Crippen LogP contribution in [-0.4, -0.2) is 33.8 Å². The molecule has 0 aliphatic rings. The van der Waals surface area contributed by atoms with E-state index in [4.69, 9.17) is 11.5 Å². The van der Waals surface area contributed by atoms with Crippen LogP contribution in [0.2, 0.25) is 0 Å². The van der Waals surface area contributed by atoms with Gasteiger partial charge in [0.05, 0.1) is 5.60 Å². The van der Waals surface area contributed by atoms with Crippen molar-refractivity contribution in [1.82, 2.24) is 9.97 Å². The van der Waals surface area contributed by atoms with E-state index < -0.39 is 5.60 Å². The van der Waals surface area contributed by atoms with Gasteiger partial charge in [0.2, 0.25) is 5.95 Å². The van der Waals surface area contributed by atoms with Gasteiger partial charge in [-0.05, 0) is 20.8 Å². The molecule has 0 amide bonds. The van der Waals surface area contributed by atoms with Gasteiger partial charge in [-0.1, -0.05) is 0 Å². The molecule has 16 heavy (non-hydrogen) atoms. The van der Waals surface area contributed by atoms with Crippen molar-refractivity contribution in [2.75, 3.05) is 29.5 Å². The van der Waals surface area contributed by atoms with Crippen molar-refractivity contribution >= 4 is 17.6 Å². The minimum atomic E-state index is -0.801. The summed E-state index contributed by atoms with van der Waals surface area (Å²) in [5.74, 6) is 1.11. The fourth-order valence-corrected chi connectivity index (χ4v) is 1.46. The van der Waals surface area contributed by atoms with Crippen LogP contribution < -0.4 is 16.4 Å². The average Bonchev–Trinajstić information content (AvgIpc) is 2.11. The molecule has 0 radical (unpaired) electrons. The van der Waals surface area contributed by atoms with Crippen LogP contribution in [0.5, 0.6) is 0 Å². The highest BCUT2D eigenvalue weighted by molar-refractivity contribution is 5.50. The summed E-state index contributed by atoms with van der Waals surface area (Å²) < 4.78 is 0. The smallest absolute Gasteiger partial charge is 0.223 e. The fourth-order valence-electron chi connectivity index (χ4n) is 1.46. The average molecular weight is 225 g/mol. The largest absolute Gasteiger partial charge is 0.389 e. The summed E-state index contributed by atoms with van der Waals surface area (Å²) in [4.78, 5) is 9.79. The van der Waals surface area contributed by atoms with E-state index in [2.05, 4.69) is 9.97 Å². The predicted molar refractivity (Wildman–Crippen MR) is 65.0 cm³/mol. The Hall–Kier alpha value is -1.56. The molecule has 1 aromatic rings. The zero-order valence-electron chi connectivity index (χ0n) is 9.94. The van der Waals surface area contributed by atoms with Crippen LogP contribution in [0, 0.1) is 0 Å². The standard InChI is InChI=1S/C10H19N5O/c1-4-15(6-10(2,3)16)8-5-7(11)13-9(12)14-8/h5,16H,4,6H2,1-3H3,(H4,11,12,13,14). The molecule has 0 aliphatic carbocycles. The third kappa shape index (κ3) is 3.54. The highest BCUT2D eigenvalue weighted by atomic mass is 16.3. The van der Waals surface area contributed by atoms with Crippen molar-refractivity contribution in [1.29, 1.82) is 0 Å². The molecule has 90 valence electrons. The molecular weight excluding hydrogens is 206 g/mol. The van der Waals surface area contributed by atoms with Crippen LogP contribution in [0.1, 0.15) is 20.8 Å². The minimum absolute atomic E-state index is 0.143. The third-order valence-electron chi connectivity index (χ3n) is 2.03. The predicted octanol–water partition coefficient (Wildman–Crippen LogP) is 0.238. The van der Waals surface area contributed by atoms with E-state index in [1.807, 2.05) is 11.8 Å². The molecule has 0 aliphatic heterocycles. The van der Waals surface area contributed by atoms with Crippen molar-refractivity contribution in [3.8, 4) is 0 Å². The lowest BCUT2D eigenvalue weighted by Gasteiger charge is -2.29. The van der Waals surface area contributed by atoms with Gasteiger partial charge in [-0.15, -0.1) is 0 Å². The van der Waals surface area contributed by atoms with Crippen molar-refractivity contribution < 1.29 is 5.11 Å². The highest BCUT2D eigenvalue weighted by Gasteiger charge is 2.19. The van der Waals surface area contributed by atoms with Gasteiger partial charge in [0.25, 0.3) is 0 Å². The number of rotatable bonds is 4. The van der Waals surface area contributed by atoms with E-state index in [0.717, 1.165) is 0 Å². The summed E-state index contributed by atoms with van der Waals surface area (Å²) in [5, 5.41) is 9.77. The Morgan fingerprint density at radius 1 is 1.38 bits per heavy atom. The molecule has 0 aromatic carbocycles. The van der Waals surface area contributed by atoms with Gasteiger partial charge in [-0.2, -0.15) is 9.97 Å². The summed E-state index contributed by atoms with van der Waals surface area (Å²) in [5.41, 5.74) is 10.3. The summed E-state index contributed by atoms with van der Waals surface area (Å²) in [6.07, 6.45) is 0. The molecule has 0 unspecified atom stereocenters. The number of aliphatic hydroxyl groups is 1. The zero-order valence-corrected chi connectivity index (χ0v) is 9.94. The summed E-state index contributed by atoms with van der Waals surface area (Å²) in [6, 6.07) is 1.64. The lowest BCUT2D eigenvalue weighted by Crippen LogP contribution is -2.39. The molecule has 1 heterocycles. The highest BCUT2D eigenvalue weighted by Crippen LogP contribution is 2.17. The number of anilines is 3. The van der Waals surface area contributed by atoms with Gasteiger partial charge in [-0.25, -0.2) is 0 Å². The summed E-state index contributed by atoms with van der Waals surface area (Å²) in [6.45, 7) is 6.62. The molecule has 6 nitrogen and oxygen atoms in total. The van der Waals surface area contributed by atoms with Gasteiger partial charge in [0.1, 0.15) is 11.6 Å². The van der Waals surface area contributed by atoms with Gasteiger partial charge < -0.3 is 21.5 Å². The number of hydrogen-bond donors (Lipinski definition) is 3. The van der Waals surface area contributed by atoms with E-state index in [9.17, 15) is 5.11 Å². The second-order valence-corrected chi connectivity index (χ2v) is 4.34. The molecule has 0 saturated heterocycles. The number of nitrogens with zero attached hydrogens (tertiary/aromatic N) is 3. The van der Waals surface area contributed by atoms with E-state index in [1.165, 1.54) is 0 Å². The van der Waals surface area contributed by atoms with Crippen LogP contribution in [0.4, 0.5) is 17.6 Å². The Balaban J connectivity index is 2.95. The number of nitrogen functional groups attached to an aromatic ring is 2.